The summed E-state index contributed by atoms with van der Waals surface area (Å²) in [6.45, 7) is 6.62. The average Bonchev–Trinajstić information content (AvgIpc) is 3.25. The number of likely N-dealkylation sites (N-methyl/N-ethyl adjacent to an activating group) is 1. The molecule has 0 aromatic carbocycles. The number of hydrogen-bond acceptors (Lipinski definition) is 4. The van der Waals surface area contributed by atoms with Gasteiger partial charge in [-0.05, 0) is 51.9 Å². The van der Waals surface area contributed by atoms with Gasteiger partial charge in [0, 0.05) is 31.7 Å². The van der Waals surface area contributed by atoms with Gasteiger partial charge in [0.1, 0.15) is 5.82 Å². The Labute approximate surface area is 122 Å². The summed E-state index contributed by atoms with van der Waals surface area (Å²) >= 11 is 0. The second kappa shape index (κ2) is 6.10. The molecule has 1 N–H and O–H groups in total. The van der Waals surface area contributed by atoms with Crippen LogP contribution in [0.25, 0.3) is 0 Å². The Morgan fingerprint density at radius 3 is 2.95 bits per heavy atom. The molecule has 1 aliphatic heterocycles. The number of rotatable bonds is 4. The Morgan fingerprint density at radius 2 is 2.15 bits per heavy atom. The number of nitrogens with one attached hydrogen (secondary N) is 1. The highest BCUT2D eigenvalue weighted by Crippen LogP contribution is 2.21. The zero-order valence-corrected chi connectivity index (χ0v) is 12.7. The van der Waals surface area contributed by atoms with Gasteiger partial charge in [-0.15, -0.1) is 0 Å². The molecular formula is C16H26N4. The molecule has 1 aromatic heterocycles. The molecule has 1 saturated carbocycles. The predicted octanol–water partition coefficient (Wildman–Crippen LogP) is 1.86. The SMILES string of the molecule is CC1CN(C)CCCN1c1cccc(CNC2CC2)n1. The van der Waals surface area contributed by atoms with Crippen molar-refractivity contribution in [3.05, 3.63) is 23.9 Å². The van der Waals surface area contributed by atoms with Gasteiger partial charge in [0.25, 0.3) is 0 Å². The number of pyridine rings is 1. The molecule has 1 unspecified atom stereocenters. The standard InChI is InChI=1S/C16H26N4/c1-13-12-19(2)9-4-10-20(13)16-6-3-5-15(18-16)11-17-14-7-8-14/h3,5-6,13-14,17H,4,7-12H2,1-2H3. The average molecular weight is 274 g/mol. The van der Waals surface area contributed by atoms with Gasteiger partial charge in [-0.1, -0.05) is 6.07 Å². The zero-order chi connectivity index (χ0) is 13.9. The number of anilines is 1. The van der Waals surface area contributed by atoms with Crippen molar-refractivity contribution in [1.82, 2.24) is 15.2 Å². The van der Waals surface area contributed by atoms with Crippen molar-refractivity contribution in [2.75, 3.05) is 31.6 Å². The van der Waals surface area contributed by atoms with Crippen molar-refractivity contribution in [2.45, 2.75) is 44.8 Å². The fourth-order valence-electron chi connectivity index (χ4n) is 2.97. The second-order valence-electron chi connectivity index (χ2n) is 6.30. The lowest BCUT2D eigenvalue weighted by Gasteiger charge is -2.29. The molecule has 0 amide bonds. The molecule has 1 aromatic rings. The third kappa shape index (κ3) is 3.49. The molecule has 0 radical (unpaired) electrons. The van der Waals surface area contributed by atoms with Crippen LogP contribution < -0.4 is 10.2 Å². The predicted molar refractivity (Wildman–Crippen MR) is 83.0 cm³/mol. The maximum atomic E-state index is 4.86. The molecule has 4 heteroatoms. The quantitative estimate of drug-likeness (QED) is 0.908. The summed E-state index contributed by atoms with van der Waals surface area (Å²) in [5.41, 5.74) is 1.17. The van der Waals surface area contributed by atoms with E-state index in [1.54, 1.807) is 0 Å². The van der Waals surface area contributed by atoms with Crippen LogP contribution in [0.2, 0.25) is 0 Å². The van der Waals surface area contributed by atoms with Crippen molar-refractivity contribution < 1.29 is 0 Å². The van der Waals surface area contributed by atoms with E-state index in [1.165, 1.54) is 31.5 Å². The van der Waals surface area contributed by atoms with Crippen LogP contribution in [-0.4, -0.2) is 48.6 Å². The molecule has 110 valence electrons. The van der Waals surface area contributed by atoms with E-state index in [-0.39, 0.29) is 0 Å². The highest BCUT2D eigenvalue weighted by Gasteiger charge is 2.22. The first kappa shape index (κ1) is 13.8. The molecule has 0 spiro atoms. The maximum Gasteiger partial charge on any atom is 0.129 e. The largest absolute Gasteiger partial charge is 0.353 e. The molecule has 1 atom stereocenters. The highest BCUT2D eigenvalue weighted by molar-refractivity contribution is 5.40. The Balaban J connectivity index is 1.69. The summed E-state index contributed by atoms with van der Waals surface area (Å²) in [7, 11) is 2.21. The fraction of sp³-hybridized carbons (Fsp3) is 0.688. The molecule has 3 rings (SSSR count). The molecule has 2 fully saturated rings. The summed E-state index contributed by atoms with van der Waals surface area (Å²) in [6.07, 6.45) is 3.87. The van der Waals surface area contributed by atoms with Crippen LogP contribution >= 0.6 is 0 Å². The summed E-state index contributed by atoms with van der Waals surface area (Å²) in [6, 6.07) is 7.71. The minimum atomic E-state index is 0.529. The molecule has 4 nitrogen and oxygen atoms in total. The molecular weight excluding hydrogens is 248 g/mol. The summed E-state index contributed by atoms with van der Waals surface area (Å²) < 4.78 is 0. The van der Waals surface area contributed by atoms with Gasteiger partial charge in [-0.2, -0.15) is 0 Å². The first-order chi connectivity index (χ1) is 9.72. The Kier molecular flexibility index (Phi) is 4.22. The van der Waals surface area contributed by atoms with Crippen molar-refractivity contribution in [1.29, 1.82) is 0 Å². The summed E-state index contributed by atoms with van der Waals surface area (Å²) in [5.74, 6) is 1.14. The Bertz CT molecular complexity index is 444. The topological polar surface area (TPSA) is 31.4 Å². The highest BCUT2D eigenvalue weighted by atomic mass is 15.3. The van der Waals surface area contributed by atoms with Gasteiger partial charge in [0.15, 0.2) is 0 Å². The smallest absolute Gasteiger partial charge is 0.129 e. The van der Waals surface area contributed by atoms with Gasteiger partial charge in [0.2, 0.25) is 0 Å². The van der Waals surface area contributed by atoms with Crippen LogP contribution in [-0.2, 0) is 6.54 Å². The first-order valence-corrected chi connectivity index (χ1v) is 7.87. The van der Waals surface area contributed by atoms with E-state index in [9.17, 15) is 0 Å². The van der Waals surface area contributed by atoms with Crippen LogP contribution in [0.3, 0.4) is 0 Å². The van der Waals surface area contributed by atoms with Crippen LogP contribution in [0, 0.1) is 0 Å². The van der Waals surface area contributed by atoms with Crippen LogP contribution in [0.4, 0.5) is 5.82 Å². The molecule has 0 bridgehead atoms. The molecule has 2 heterocycles. The Hall–Kier alpha value is -1.13. The molecule has 2 aliphatic rings. The lowest BCUT2D eigenvalue weighted by atomic mass is 10.2. The Morgan fingerprint density at radius 1 is 1.30 bits per heavy atom. The minimum Gasteiger partial charge on any atom is -0.353 e. The molecule has 20 heavy (non-hydrogen) atoms. The van der Waals surface area contributed by atoms with Crippen molar-refractivity contribution in [3.63, 3.8) is 0 Å². The number of aromatic nitrogens is 1. The van der Waals surface area contributed by atoms with E-state index in [2.05, 4.69) is 47.3 Å². The van der Waals surface area contributed by atoms with E-state index in [0.29, 0.717) is 6.04 Å². The van der Waals surface area contributed by atoms with Crippen LogP contribution in [0.1, 0.15) is 31.9 Å². The van der Waals surface area contributed by atoms with E-state index in [0.717, 1.165) is 31.5 Å². The number of nitrogens with zero attached hydrogens (tertiary/aromatic N) is 3. The minimum absolute atomic E-state index is 0.529. The van der Waals surface area contributed by atoms with Crippen molar-refractivity contribution in [3.8, 4) is 0 Å². The zero-order valence-electron chi connectivity index (χ0n) is 12.7. The van der Waals surface area contributed by atoms with Gasteiger partial charge >= 0.3 is 0 Å². The van der Waals surface area contributed by atoms with E-state index < -0.39 is 0 Å². The third-order valence-corrected chi connectivity index (χ3v) is 4.28. The summed E-state index contributed by atoms with van der Waals surface area (Å²) in [4.78, 5) is 9.74. The van der Waals surface area contributed by atoms with Crippen LogP contribution in [0.15, 0.2) is 18.2 Å². The monoisotopic (exact) mass is 274 g/mol. The van der Waals surface area contributed by atoms with E-state index in [1.807, 2.05) is 0 Å². The summed E-state index contributed by atoms with van der Waals surface area (Å²) in [5, 5.41) is 3.54. The normalized spacial score (nSPS) is 24.7. The van der Waals surface area contributed by atoms with Crippen LogP contribution in [0.5, 0.6) is 0 Å². The lowest BCUT2D eigenvalue weighted by molar-refractivity contribution is 0.337. The fourth-order valence-corrected chi connectivity index (χ4v) is 2.97. The van der Waals surface area contributed by atoms with Crippen molar-refractivity contribution in [2.24, 2.45) is 0 Å². The van der Waals surface area contributed by atoms with Gasteiger partial charge < -0.3 is 15.1 Å². The first-order valence-electron chi connectivity index (χ1n) is 7.87. The lowest BCUT2D eigenvalue weighted by Crippen LogP contribution is -2.38. The van der Waals surface area contributed by atoms with Gasteiger partial charge in [-0.25, -0.2) is 4.98 Å². The van der Waals surface area contributed by atoms with Gasteiger partial charge in [0.05, 0.1) is 5.69 Å². The number of hydrogen-bond donors (Lipinski definition) is 1. The molecule has 1 aliphatic carbocycles. The third-order valence-electron chi connectivity index (χ3n) is 4.28. The maximum absolute atomic E-state index is 4.86. The molecule has 1 saturated heterocycles. The second-order valence-corrected chi connectivity index (χ2v) is 6.30. The van der Waals surface area contributed by atoms with Crippen molar-refractivity contribution >= 4 is 5.82 Å². The van der Waals surface area contributed by atoms with E-state index >= 15 is 0 Å². The van der Waals surface area contributed by atoms with E-state index in [4.69, 9.17) is 4.98 Å². The van der Waals surface area contributed by atoms with Gasteiger partial charge in [-0.3, -0.25) is 0 Å².